The predicted molar refractivity (Wildman–Crippen MR) is 55.9 cm³/mol. The van der Waals surface area contributed by atoms with Gasteiger partial charge in [-0.2, -0.15) is 13.2 Å². The van der Waals surface area contributed by atoms with Crippen LogP contribution in [0.5, 0.6) is 0 Å². The summed E-state index contributed by atoms with van der Waals surface area (Å²) in [5, 5.41) is 5.44. The van der Waals surface area contributed by atoms with Crippen LogP contribution in [0.1, 0.15) is 15.9 Å². The molecule has 8 heteroatoms. The average Bonchev–Trinajstić information content (AvgIpc) is 2.80. The number of carbonyl (C=O) groups is 1. The number of aromatic nitrogens is 1. The molecule has 0 saturated carbocycles. The van der Waals surface area contributed by atoms with Gasteiger partial charge in [0.15, 0.2) is 5.82 Å². The van der Waals surface area contributed by atoms with Gasteiger partial charge in [0.05, 0.1) is 11.1 Å². The van der Waals surface area contributed by atoms with E-state index in [9.17, 15) is 22.4 Å². The van der Waals surface area contributed by atoms with Crippen molar-refractivity contribution in [1.29, 1.82) is 0 Å². The lowest BCUT2D eigenvalue weighted by molar-refractivity contribution is -0.140. The molecule has 2 rings (SSSR count). The molecule has 0 aliphatic rings. The van der Waals surface area contributed by atoms with Crippen LogP contribution in [-0.4, -0.2) is 11.1 Å². The van der Waals surface area contributed by atoms with Crippen molar-refractivity contribution in [2.24, 2.45) is 0 Å². The summed E-state index contributed by atoms with van der Waals surface area (Å²) in [4.78, 5) is 11.6. The number of nitrogens with one attached hydrogen (secondary N) is 1. The molecule has 1 heterocycles. The molecule has 0 aliphatic heterocycles. The van der Waals surface area contributed by atoms with Crippen molar-refractivity contribution in [3.8, 4) is 0 Å². The first-order valence-electron chi connectivity index (χ1n) is 4.97. The lowest BCUT2D eigenvalue weighted by atomic mass is 10.1. The fraction of sp³-hybridized carbons (Fsp3) is 0.0909. The van der Waals surface area contributed by atoms with Crippen LogP contribution in [0.4, 0.5) is 23.4 Å². The summed E-state index contributed by atoms with van der Waals surface area (Å²) in [7, 11) is 0. The quantitative estimate of drug-likeness (QED) is 0.856. The summed E-state index contributed by atoms with van der Waals surface area (Å²) >= 11 is 0. The number of anilines is 1. The number of halogens is 4. The third-order valence-corrected chi connectivity index (χ3v) is 2.23. The minimum absolute atomic E-state index is 0.0261. The zero-order valence-corrected chi connectivity index (χ0v) is 9.16. The molecule has 1 N–H and O–H groups in total. The summed E-state index contributed by atoms with van der Waals surface area (Å²) in [6.07, 6.45) is -3.72. The minimum atomic E-state index is -4.87. The Morgan fingerprint density at radius 3 is 2.58 bits per heavy atom. The van der Waals surface area contributed by atoms with Gasteiger partial charge < -0.3 is 9.84 Å². The zero-order chi connectivity index (χ0) is 14.0. The normalized spacial score (nSPS) is 11.4. The van der Waals surface area contributed by atoms with E-state index in [0.29, 0.717) is 6.07 Å². The fourth-order valence-electron chi connectivity index (χ4n) is 1.39. The number of hydrogen-bond donors (Lipinski definition) is 1. The highest BCUT2D eigenvalue weighted by molar-refractivity contribution is 6.04. The molecule has 1 aromatic carbocycles. The number of benzene rings is 1. The number of amides is 1. The lowest BCUT2D eigenvalue weighted by Crippen LogP contribution is -2.17. The van der Waals surface area contributed by atoms with Crippen LogP contribution in [0.15, 0.2) is 35.1 Å². The summed E-state index contributed by atoms with van der Waals surface area (Å²) in [6, 6.07) is 3.72. The van der Waals surface area contributed by atoms with Gasteiger partial charge in [-0.1, -0.05) is 11.2 Å². The van der Waals surface area contributed by atoms with Crippen molar-refractivity contribution in [3.05, 3.63) is 47.5 Å². The first-order chi connectivity index (χ1) is 8.89. The lowest BCUT2D eigenvalue weighted by Gasteiger charge is -2.10. The molecule has 0 fully saturated rings. The fourth-order valence-corrected chi connectivity index (χ4v) is 1.39. The number of rotatable bonds is 2. The summed E-state index contributed by atoms with van der Waals surface area (Å²) in [6.45, 7) is 0. The molecule has 100 valence electrons. The van der Waals surface area contributed by atoms with Gasteiger partial charge in [-0.3, -0.25) is 4.79 Å². The summed E-state index contributed by atoms with van der Waals surface area (Å²) in [5.74, 6) is -2.70. The third kappa shape index (κ3) is 2.72. The van der Waals surface area contributed by atoms with Gasteiger partial charge in [-0.25, -0.2) is 4.39 Å². The second-order valence-electron chi connectivity index (χ2n) is 3.50. The second kappa shape index (κ2) is 4.71. The Balaban J connectivity index is 2.33. The van der Waals surface area contributed by atoms with Gasteiger partial charge in [-0.05, 0) is 12.1 Å². The Labute approximate surface area is 104 Å². The van der Waals surface area contributed by atoms with Crippen molar-refractivity contribution in [1.82, 2.24) is 5.16 Å². The van der Waals surface area contributed by atoms with Crippen LogP contribution in [0.3, 0.4) is 0 Å². The molecule has 19 heavy (non-hydrogen) atoms. The smallest absolute Gasteiger partial charge is 0.363 e. The number of nitrogens with zero attached hydrogens (tertiary/aromatic N) is 1. The molecular weight excluding hydrogens is 268 g/mol. The Morgan fingerprint density at radius 1 is 1.26 bits per heavy atom. The number of alkyl halides is 3. The highest BCUT2D eigenvalue weighted by atomic mass is 19.4. The maximum absolute atomic E-state index is 13.6. The van der Waals surface area contributed by atoms with E-state index in [1.54, 1.807) is 0 Å². The molecule has 0 aliphatic carbocycles. The maximum Gasteiger partial charge on any atom is 0.419 e. The second-order valence-corrected chi connectivity index (χ2v) is 3.50. The predicted octanol–water partition coefficient (Wildman–Crippen LogP) is 3.08. The standard InChI is InChI=1S/C11H6F4N2O2/c12-9-6(2-1-3-7(9)11(13,14)15)10(18)16-8-4-5-19-17-8/h1-5H,(H,16,17,18). The van der Waals surface area contributed by atoms with Gasteiger partial charge in [-0.15, -0.1) is 0 Å². The Morgan fingerprint density at radius 2 is 2.00 bits per heavy atom. The zero-order valence-electron chi connectivity index (χ0n) is 9.16. The van der Waals surface area contributed by atoms with E-state index in [1.807, 2.05) is 0 Å². The van der Waals surface area contributed by atoms with E-state index in [4.69, 9.17) is 0 Å². The van der Waals surface area contributed by atoms with Crippen LogP contribution < -0.4 is 5.32 Å². The molecule has 0 bridgehead atoms. The minimum Gasteiger partial charge on any atom is -0.363 e. The van der Waals surface area contributed by atoms with Gasteiger partial charge >= 0.3 is 6.18 Å². The van der Waals surface area contributed by atoms with Crippen molar-refractivity contribution >= 4 is 11.7 Å². The van der Waals surface area contributed by atoms with Crippen molar-refractivity contribution in [2.75, 3.05) is 5.32 Å². The molecule has 1 aromatic heterocycles. The van der Waals surface area contributed by atoms with Gasteiger partial charge in [0, 0.05) is 6.07 Å². The van der Waals surface area contributed by atoms with Crippen molar-refractivity contribution in [3.63, 3.8) is 0 Å². The highest BCUT2D eigenvalue weighted by Crippen LogP contribution is 2.32. The molecular formula is C11H6F4N2O2. The van der Waals surface area contributed by atoms with E-state index in [0.717, 1.165) is 18.4 Å². The molecule has 0 saturated heterocycles. The summed E-state index contributed by atoms with van der Waals surface area (Å²) < 4.78 is 55.5. The Bertz CT molecular complexity index is 593. The van der Waals surface area contributed by atoms with Crippen LogP contribution in [0.2, 0.25) is 0 Å². The van der Waals surface area contributed by atoms with Crippen LogP contribution >= 0.6 is 0 Å². The molecule has 0 radical (unpaired) electrons. The largest absolute Gasteiger partial charge is 0.419 e. The molecule has 0 spiro atoms. The average molecular weight is 274 g/mol. The highest BCUT2D eigenvalue weighted by Gasteiger charge is 2.35. The van der Waals surface area contributed by atoms with E-state index in [-0.39, 0.29) is 5.82 Å². The molecule has 2 aromatic rings. The topological polar surface area (TPSA) is 55.1 Å². The molecule has 4 nitrogen and oxygen atoms in total. The van der Waals surface area contributed by atoms with E-state index in [2.05, 4.69) is 15.0 Å². The van der Waals surface area contributed by atoms with E-state index >= 15 is 0 Å². The van der Waals surface area contributed by atoms with E-state index < -0.39 is 29.0 Å². The number of carbonyl (C=O) groups excluding carboxylic acids is 1. The monoisotopic (exact) mass is 274 g/mol. The van der Waals surface area contributed by atoms with Crippen LogP contribution in [-0.2, 0) is 6.18 Å². The first kappa shape index (κ1) is 13.1. The summed E-state index contributed by atoms with van der Waals surface area (Å²) in [5.41, 5.74) is -2.22. The van der Waals surface area contributed by atoms with Crippen LogP contribution in [0.25, 0.3) is 0 Å². The molecule has 1 amide bonds. The Hall–Kier alpha value is -2.38. The van der Waals surface area contributed by atoms with Gasteiger partial charge in [0.2, 0.25) is 0 Å². The SMILES string of the molecule is O=C(Nc1ccon1)c1cccc(C(F)(F)F)c1F. The number of hydrogen-bond acceptors (Lipinski definition) is 3. The van der Waals surface area contributed by atoms with Gasteiger partial charge in [0.25, 0.3) is 5.91 Å². The van der Waals surface area contributed by atoms with E-state index in [1.165, 1.54) is 6.07 Å². The van der Waals surface area contributed by atoms with Gasteiger partial charge in [0.1, 0.15) is 12.1 Å². The van der Waals surface area contributed by atoms with Crippen LogP contribution in [0, 0.1) is 5.82 Å². The molecule has 0 atom stereocenters. The maximum atomic E-state index is 13.6. The first-order valence-corrected chi connectivity index (χ1v) is 4.97. The molecule has 0 unspecified atom stereocenters. The Kier molecular flexibility index (Phi) is 3.24. The van der Waals surface area contributed by atoms with Crippen molar-refractivity contribution < 1.29 is 26.9 Å². The van der Waals surface area contributed by atoms with Crippen molar-refractivity contribution in [2.45, 2.75) is 6.18 Å². The third-order valence-electron chi connectivity index (χ3n) is 2.23.